The number of nitrogens with two attached hydrogens (primary N) is 1. The van der Waals surface area contributed by atoms with Gasteiger partial charge in [-0.1, -0.05) is 47.5 Å². The first kappa shape index (κ1) is 95.2. The number of rotatable bonds is 33. The first-order valence-electron chi connectivity index (χ1n) is 39.9. The first-order chi connectivity index (χ1) is 55.7. The highest BCUT2D eigenvalue weighted by molar-refractivity contribution is 7.90. The fourth-order valence-corrected chi connectivity index (χ4v) is 16.3. The van der Waals surface area contributed by atoms with Gasteiger partial charge in [-0.3, -0.25) is 62.7 Å². The molecule has 0 bridgehead atoms. The number of carboxylic acid groups (broad SMARTS) is 1. The summed E-state index contributed by atoms with van der Waals surface area (Å²) < 4.78 is 62.0. The Morgan fingerprint density at radius 1 is 0.583 bits per heavy atom. The number of amides is 6. The van der Waals surface area contributed by atoms with E-state index >= 15 is 0 Å². The number of carbonyl (C=O) groups excluding carboxylic acids is 10. The maximum absolute atomic E-state index is 14.8. The standard InChI is InChI=1S/C83H115Cl2N15O19S/c1-45-46(2)69(47(3)50-42-83(16,17)119-68(45)50)120(113,114)96-78(86)87-34-22-29-53(72(106)93-54(39-63(103)116-80(7,8)9)73(107)94-55(40-64(104)117-81(10,11)12)74(108)95-56(77(111)112)41-65(105)118-82(13,14)15)88-61(101)30-23-35-99-37-32-59-57(43-99)89-70(97(59)18)75(109)91-51-27-20-25-48(66(51)84)49-26-21-28-52(67(49)85)92-76(110)71-90-58-44-100(38-33-60(58)98(71)19)36-24-31-62(102)115-79(4,5)6/h20-21,25-28,53-56H,22-24,29-44H2,1-19H3,(H,88,101)(H,91,109)(H,92,110)(H,93,106)(H,94,107)(H,95,108)(H,111,112)(H3,86,87,96)/t53-,54-,55-,56-/m0/s1. The van der Waals surface area contributed by atoms with Crippen LogP contribution in [0.5, 0.6) is 5.75 Å². The van der Waals surface area contributed by atoms with Gasteiger partial charge >= 0.3 is 29.8 Å². The van der Waals surface area contributed by atoms with Crippen LogP contribution >= 0.6 is 23.2 Å². The summed E-state index contributed by atoms with van der Waals surface area (Å²) in [6.07, 6.45) is -0.505. The number of fused-ring (bicyclic) bond motifs is 3. The monoisotopic (exact) mass is 1730 g/mol. The summed E-state index contributed by atoms with van der Waals surface area (Å²) >= 11 is 14.2. The number of nitrogens with one attached hydrogen (secondary N) is 7. The van der Waals surface area contributed by atoms with Crippen molar-refractivity contribution in [2.45, 2.75) is 265 Å². The van der Waals surface area contributed by atoms with Crippen LogP contribution in [-0.4, -0.2) is 199 Å². The number of halogens is 2. The van der Waals surface area contributed by atoms with Crippen molar-refractivity contribution in [3.8, 4) is 16.9 Å². The minimum Gasteiger partial charge on any atom is -0.487 e. The minimum atomic E-state index is -4.35. The van der Waals surface area contributed by atoms with Crippen LogP contribution in [-0.2, 0) is 119 Å². The van der Waals surface area contributed by atoms with E-state index < -0.39 is 147 Å². The van der Waals surface area contributed by atoms with Crippen LogP contribution in [0, 0.1) is 20.8 Å². The number of benzene rings is 3. The van der Waals surface area contributed by atoms with E-state index in [9.17, 15) is 66.3 Å². The van der Waals surface area contributed by atoms with Crippen molar-refractivity contribution in [1.29, 1.82) is 0 Å². The molecule has 3 aliphatic heterocycles. The number of guanidine groups is 1. The van der Waals surface area contributed by atoms with Crippen LogP contribution in [0.25, 0.3) is 11.1 Å². The van der Waals surface area contributed by atoms with Gasteiger partial charge in [0.15, 0.2) is 11.6 Å². The molecule has 8 rings (SSSR count). The van der Waals surface area contributed by atoms with E-state index in [0.29, 0.717) is 96.8 Å². The average Bonchev–Trinajstić information content (AvgIpc) is 1.49. The second-order valence-corrected chi connectivity index (χ2v) is 37.3. The molecule has 0 spiro atoms. The number of carbonyl (C=O) groups is 11. The van der Waals surface area contributed by atoms with Crippen molar-refractivity contribution in [2.75, 3.05) is 43.4 Å². The van der Waals surface area contributed by atoms with Crippen LogP contribution in [0.3, 0.4) is 0 Å². The summed E-state index contributed by atoms with van der Waals surface area (Å²) in [7, 11) is -0.837. The Kier molecular flexibility index (Phi) is 31.0. The lowest BCUT2D eigenvalue weighted by atomic mass is 9.94. The van der Waals surface area contributed by atoms with Gasteiger partial charge in [0.1, 0.15) is 57.9 Å². The smallest absolute Gasteiger partial charge is 0.326 e. The highest BCUT2D eigenvalue weighted by Gasteiger charge is 2.40. The molecule has 5 heterocycles. The van der Waals surface area contributed by atoms with E-state index in [1.165, 1.54) is 20.8 Å². The second kappa shape index (κ2) is 39.1. The molecule has 3 aliphatic rings. The second-order valence-electron chi connectivity index (χ2n) is 34.9. The molecule has 656 valence electrons. The molecular weight excluding hydrogens is 1610 g/mol. The van der Waals surface area contributed by atoms with Gasteiger partial charge in [-0.15, -0.1) is 0 Å². The SMILES string of the molecule is Cc1c(C)c(S(=O)(=O)NC(N)=NCCC[C@H](NC(=O)CCCN2CCc3c(nc(C(=O)Nc4cccc(-c5cccc(NC(=O)c6nc7c(n6C)CCN(CCCC(=O)OC(C)(C)C)C7)c5Cl)c4Cl)n3C)C2)C(=O)N[C@@H](CC(=O)OC(C)(C)C)C(=O)N[C@@H](CC(=O)OC(C)(C)C)C(=O)N[C@@H](CC(=O)OC(C)(C)C)C(=O)O)c(C)c2c1OC(C)(C)C2. The van der Waals surface area contributed by atoms with E-state index in [1.807, 2.05) is 39.5 Å². The number of hydrogen-bond donors (Lipinski definition) is 9. The minimum absolute atomic E-state index is 0.00326. The number of sulfonamides is 1. The molecule has 0 unspecified atom stereocenters. The number of imidazole rings is 2. The third-order valence-corrected chi connectivity index (χ3v) is 22.1. The summed E-state index contributed by atoms with van der Waals surface area (Å²) in [6.45, 7) is 31.0. The fraction of sp³-hybridized carbons (Fsp3) is 0.566. The Hall–Kier alpha value is -10.2. The van der Waals surface area contributed by atoms with Crippen LogP contribution in [0.1, 0.15) is 221 Å². The van der Waals surface area contributed by atoms with Gasteiger partial charge in [-0.25, -0.2) is 27.9 Å². The molecule has 0 aliphatic carbocycles. The summed E-state index contributed by atoms with van der Waals surface area (Å²) in [5.74, 6) is -9.89. The van der Waals surface area contributed by atoms with Gasteiger partial charge in [0, 0.05) is 107 Å². The third-order valence-electron chi connectivity index (χ3n) is 19.7. The van der Waals surface area contributed by atoms with Gasteiger partial charge in [-0.2, -0.15) is 0 Å². The summed E-state index contributed by atoms with van der Waals surface area (Å²) in [4.78, 5) is 169. The summed E-state index contributed by atoms with van der Waals surface area (Å²) in [6, 6.07) is 2.77. The van der Waals surface area contributed by atoms with E-state index in [-0.39, 0.29) is 83.4 Å². The third kappa shape index (κ3) is 26.4. The molecule has 3 aromatic carbocycles. The molecule has 5 aromatic rings. The van der Waals surface area contributed by atoms with E-state index in [4.69, 9.17) is 62.6 Å². The number of anilines is 2. The molecule has 0 saturated carbocycles. The Labute approximate surface area is 710 Å². The maximum Gasteiger partial charge on any atom is 0.326 e. The van der Waals surface area contributed by atoms with Crippen LogP contribution in [0.4, 0.5) is 11.4 Å². The number of aliphatic carboxylic acids is 1. The Bertz CT molecular complexity index is 4910. The Morgan fingerprint density at radius 2 is 1.00 bits per heavy atom. The van der Waals surface area contributed by atoms with Crippen molar-refractivity contribution in [3.05, 3.63) is 103 Å². The number of hydrogen-bond acceptors (Lipinski definition) is 23. The van der Waals surface area contributed by atoms with Crippen molar-refractivity contribution < 1.29 is 89.9 Å². The summed E-state index contributed by atoms with van der Waals surface area (Å²) in [5.41, 5.74) is 8.64. The lowest BCUT2D eigenvalue weighted by Gasteiger charge is -2.28. The quantitative estimate of drug-likeness (QED) is 0.00628. The van der Waals surface area contributed by atoms with Crippen molar-refractivity contribution in [2.24, 2.45) is 24.8 Å². The predicted molar refractivity (Wildman–Crippen MR) is 448 cm³/mol. The molecule has 0 saturated heterocycles. The molecule has 0 fully saturated rings. The van der Waals surface area contributed by atoms with Gasteiger partial charge in [0.25, 0.3) is 21.8 Å². The molecule has 10 N–H and O–H groups in total. The van der Waals surface area contributed by atoms with Crippen LogP contribution < -0.4 is 47.1 Å². The molecule has 0 radical (unpaired) electrons. The summed E-state index contributed by atoms with van der Waals surface area (Å²) in [5, 5.41) is 26.0. The number of aromatic nitrogens is 4. The number of ether oxygens (including phenoxy) is 5. The van der Waals surface area contributed by atoms with Crippen LogP contribution in [0.2, 0.25) is 10.0 Å². The highest BCUT2D eigenvalue weighted by atomic mass is 35.5. The number of esters is 4. The van der Waals surface area contributed by atoms with Crippen molar-refractivity contribution >= 4 is 116 Å². The molecule has 37 heteroatoms. The zero-order valence-electron chi connectivity index (χ0n) is 71.9. The first-order valence-corrected chi connectivity index (χ1v) is 42.1. The topological polar surface area (TPSA) is 453 Å². The van der Waals surface area contributed by atoms with Gasteiger partial charge < -0.3 is 75.6 Å². The zero-order chi connectivity index (χ0) is 89.2. The van der Waals surface area contributed by atoms with E-state index in [2.05, 4.69) is 46.5 Å². The lowest BCUT2D eigenvalue weighted by Crippen LogP contribution is -2.59. The van der Waals surface area contributed by atoms with E-state index in [0.717, 1.165) is 29.2 Å². The molecule has 6 amide bonds. The fourth-order valence-electron chi connectivity index (χ4n) is 14.3. The van der Waals surface area contributed by atoms with Crippen molar-refractivity contribution in [1.82, 2.24) is 54.9 Å². The van der Waals surface area contributed by atoms with Crippen LogP contribution in [0.15, 0.2) is 46.3 Å². The Balaban J connectivity index is 0.953. The average molecular weight is 1730 g/mol. The lowest BCUT2D eigenvalue weighted by molar-refractivity contribution is -0.160. The number of carboxylic acids is 1. The van der Waals surface area contributed by atoms with Gasteiger partial charge in [0.2, 0.25) is 29.6 Å². The largest absolute Gasteiger partial charge is 0.487 e. The molecule has 34 nitrogen and oxygen atoms in total. The maximum atomic E-state index is 14.8. The van der Waals surface area contributed by atoms with Gasteiger partial charge in [-0.05, 0) is 185 Å². The molecule has 120 heavy (non-hydrogen) atoms. The van der Waals surface area contributed by atoms with Crippen molar-refractivity contribution in [3.63, 3.8) is 0 Å². The molecular formula is C83H115Cl2N15O19S. The van der Waals surface area contributed by atoms with Gasteiger partial charge in [0.05, 0.1) is 57.0 Å². The highest BCUT2D eigenvalue weighted by Crippen LogP contribution is 2.45. The molecule has 4 atom stereocenters. The van der Waals surface area contributed by atoms with E-state index in [1.54, 1.807) is 122 Å². The number of nitrogens with zero attached hydrogens (tertiary/aromatic N) is 7. The normalized spacial score (nSPS) is 15.4. The number of aliphatic imine (C=N–C) groups is 1. The Morgan fingerprint density at radius 3 is 1.44 bits per heavy atom. The molecule has 2 aromatic heterocycles. The predicted octanol–water partition coefficient (Wildman–Crippen LogP) is 8.18. The zero-order valence-corrected chi connectivity index (χ0v) is 74.2.